The molecule has 2 aromatic rings. The zero-order valence-corrected chi connectivity index (χ0v) is 11.7. The second kappa shape index (κ2) is 6.84. The first-order valence-corrected chi connectivity index (χ1v) is 6.77. The van der Waals surface area contributed by atoms with Crippen molar-refractivity contribution in [3.8, 4) is 0 Å². The fraction of sp³-hybridized carbons (Fsp3) is 0.400. The van der Waals surface area contributed by atoms with Crippen LogP contribution in [0.3, 0.4) is 0 Å². The Bertz CT molecular complexity index is 551. The molecule has 0 N–H and O–H groups in total. The number of hydrogen-bond acceptors (Lipinski definition) is 5. The van der Waals surface area contributed by atoms with E-state index < -0.39 is 5.92 Å². The first kappa shape index (κ1) is 14.2. The Morgan fingerprint density at radius 2 is 2.05 bits per heavy atom. The molecule has 0 spiro atoms. The van der Waals surface area contributed by atoms with Gasteiger partial charge in [0, 0.05) is 6.42 Å². The van der Waals surface area contributed by atoms with E-state index >= 15 is 0 Å². The lowest BCUT2D eigenvalue weighted by Gasteiger charge is -2.08. The summed E-state index contributed by atoms with van der Waals surface area (Å²) in [6, 6.07) is 9.88. The van der Waals surface area contributed by atoms with Crippen LogP contribution in [-0.4, -0.2) is 22.7 Å². The normalized spacial score (nSPS) is 12.1. The molecule has 1 aromatic heterocycles. The standard InChI is InChI=1S/C15H18N2O3/c1-3-12(15(18)19-4-2)14-16-13(17-20-14)10-11-8-6-5-7-9-11/h5-9,12H,3-4,10H2,1-2H3. The number of carbonyl (C=O) groups is 1. The van der Waals surface area contributed by atoms with Gasteiger partial charge in [-0.2, -0.15) is 4.98 Å². The summed E-state index contributed by atoms with van der Waals surface area (Å²) < 4.78 is 10.2. The van der Waals surface area contributed by atoms with Gasteiger partial charge in [-0.25, -0.2) is 0 Å². The first-order chi connectivity index (χ1) is 9.74. The molecular formula is C15H18N2O3. The van der Waals surface area contributed by atoms with Crippen molar-refractivity contribution in [2.24, 2.45) is 0 Å². The maximum atomic E-state index is 11.8. The highest BCUT2D eigenvalue weighted by molar-refractivity contribution is 5.76. The quantitative estimate of drug-likeness (QED) is 0.758. The Morgan fingerprint density at radius 3 is 2.70 bits per heavy atom. The van der Waals surface area contributed by atoms with Crippen LogP contribution in [0, 0.1) is 0 Å². The van der Waals surface area contributed by atoms with Gasteiger partial charge in [-0.3, -0.25) is 4.79 Å². The second-order valence-corrected chi connectivity index (χ2v) is 4.42. The van der Waals surface area contributed by atoms with Crippen LogP contribution in [-0.2, 0) is 16.0 Å². The lowest BCUT2D eigenvalue weighted by molar-refractivity contribution is -0.145. The molecule has 0 saturated carbocycles. The van der Waals surface area contributed by atoms with E-state index in [1.165, 1.54) is 0 Å². The zero-order valence-electron chi connectivity index (χ0n) is 11.7. The third-order valence-electron chi connectivity index (χ3n) is 2.97. The molecule has 0 aliphatic heterocycles. The van der Waals surface area contributed by atoms with Crippen LogP contribution in [0.4, 0.5) is 0 Å². The van der Waals surface area contributed by atoms with Crippen molar-refractivity contribution >= 4 is 5.97 Å². The van der Waals surface area contributed by atoms with E-state index in [9.17, 15) is 4.79 Å². The zero-order chi connectivity index (χ0) is 14.4. The third-order valence-corrected chi connectivity index (χ3v) is 2.97. The second-order valence-electron chi connectivity index (χ2n) is 4.42. The molecule has 1 atom stereocenters. The average molecular weight is 274 g/mol. The van der Waals surface area contributed by atoms with Gasteiger partial charge in [0.2, 0.25) is 5.89 Å². The van der Waals surface area contributed by atoms with Crippen molar-refractivity contribution in [3.05, 3.63) is 47.6 Å². The lowest BCUT2D eigenvalue weighted by Crippen LogP contribution is -2.15. The summed E-state index contributed by atoms with van der Waals surface area (Å²) in [6.45, 7) is 4.02. The Hall–Kier alpha value is -2.17. The van der Waals surface area contributed by atoms with Crippen LogP contribution in [0.15, 0.2) is 34.9 Å². The van der Waals surface area contributed by atoms with Gasteiger partial charge in [0.1, 0.15) is 5.92 Å². The Balaban J connectivity index is 2.09. The highest BCUT2D eigenvalue weighted by atomic mass is 16.5. The summed E-state index contributed by atoms with van der Waals surface area (Å²) in [6.07, 6.45) is 1.16. The summed E-state index contributed by atoms with van der Waals surface area (Å²) in [5.74, 6) is 0.114. The number of ether oxygens (including phenoxy) is 1. The maximum absolute atomic E-state index is 11.8. The van der Waals surface area contributed by atoms with Crippen molar-refractivity contribution in [1.29, 1.82) is 0 Å². The van der Waals surface area contributed by atoms with E-state index in [1.807, 2.05) is 37.3 Å². The average Bonchev–Trinajstić information content (AvgIpc) is 2.89. The van der Waals surface area contributed by atoms with Crippen LogP contribution in [0.5, 0.6) is 0 Å². The third kappa shape index (κ3) is 3.44. The fourth-order valence-electron chi connectivity index (χ4n) is 1.94. The Morgan fingerprint density at radius 1 is 1.30 bits per heavy atom. The number of rotatable bonds is 6. The number of nitrogens with zero attached hydrogens (tertiary/aromatic N) is 2. The molecule has 0 aliphatic rings. The maximum Gasteiger partial charge on any atom is 0.318 e. The van der Waals surface area contributed by atoms with Gasteiger partial charge in [-0.05, 0) is 18.9 Å². The van der Waals surface area contributed by atoms with E-state index in [4.69, 9.17) is 9.26 Å². The number of aromatic nitrogens is 2. The molecule has 106 valence electrons. The molecule has 5 heteroatoms. The molecule has 0 aliphatic carbocycles. The topological polar surface area (TPSA) is 65.2 Å². The van der Waals surface area contributed by atoms with Crippen molar-refractivity contribution in [3.63, 3.8) is 0 Å². The predicted molar refractivity (Wildman–Crippen MR) is 73.2 cm³/mol. The van der Waals surface area contributed by atoms with Crippen LogP contribution in [0.1, 0.15) is 43.5 Å². The summed E-state index contributed by atoms with van der Waals surface area (Å²) in [4.78, 5) is 16.1. The number of hydrogen-bond donors (Lipinski definition) is 0. The van der Waals surface area contributed by atoms with Gasteiger partial charge in [0.05, 0.1) is 6.61 Å². The molecule has 0 fully saturated rings. The van der Waals surface area contributed by atoms with E-state index in [1.54, 1.807) is 6.92 Å². The molecule has 5 nitrogen and oxygen atoms in total. The van der Waals surface area contributed by atoms with E-state index in [2.05, 4.69) is 10.1 Å². The summed E-state index contributed by atoms with van der Waals surface area (Å²) in [5, 5.41) is 3.93. The van der Waals surface area contributed by atoms with Crippen molar-refractivity contribution in [1.82, 2.24) is 10.1 Å². The molecular weight excluding hydrogens is 256 g/mol. The smallest absolute Gasteiger partial charge is 0.318 e. The van der Waals surface area contributed by atoms with E-state index in [0.29, 0.717) is 31.2 Å². The molecule has 0 saturated heterocycles. The molecule has 0 amide bonds. The monoisotopic (exact) mass is 274 g/mol. The highest BCUT2D eigenvalue weighted by Gasteiger charge is 2.26. The van der Waals surface area contributed by atoms with Crippen LogP contribution < -0.4 is 0 Å². The van der Waals surface area contributed by atoms with Crippen molar-refractivity contribution in [2.75, 3.05) is 6.61 Å². The van der Waals surface area contributed by atoms with Gasteiger partial charge >= 0.3 is 5.97 Å². The van der Waals surface area contributed by atoms with Gasteiger partial charge in [0.25, 0.3) is 0 Å². The molecule has 0 radical (unpaired) electrons. The van der Waals surface area contributed by atoms with E-state index in [0.717, 1.165) is 5.56 Å². The SMILES string of the molecule is CCOC(=O)C(CC)c1nc(Cc2ccccc2)no1. The fourth-order valence-corrected chi connectivity index (χ4v) is 1.94. The minimum Gasteiger partial charge on any atom is -0.465 e. The first-order valence-electron chi connectivity index (χ1n) is 6.77. The molecule has 1 aromatic carbocycles. The number of esters is 1. The van der Waals surface area contributed by atoms with Crippen LogP contribution >= 0.6 is 0 Å². The summed E-state index contributed by atoms with van der Waals surface area (Å²) in [7, 11) is 0. The van der Waals surface area contributed by atoms with Crippen molar-refractivity contribution in [2.45, 2.75) is 32.6 Å². The summed E-state index contributed by atoms with van der Waals surface area (Å²) >= 11 is 0. The molecule has 1 unspecified atom stereocenters. The molecule has 1 heterocycles. The minimum atomic E-state index is -0.480. The van der Waals surface area contributed by atoms with Gasteiger partial charge in [-0.1, -0.05) is 42.4 Å². The molecule has 0 bridgehead atoms. The van der Waals surface area contributed by atoms with Crippen LogP contribution in [0.25, 0.3) is 0 Å². The number of carbonyl (C=O) groups excluding carboxylic acids is 1. The van der Waals surface area contributed by atoms with Gasteiger partial charge in [0.15, 0.2) is 5.82 Å². The molecule has 20 heavy (non-hydrogen) atoms. The van der Waals surface area contributed by atoms with Gasteiger partial charge in [-0.15, -0.1) is 0 Å². The minimum absolute atomic E-state index is 0.315. The summed E-state index contributed by atoms with van der Waals surface area (Å²) in [5.41, 5.74) is 1.10. The van der Waals surface area contributed by atoms with Gasteiger partial charge < -0.3 is 9.26 Å². The number of benzene rings is 1. The van der Waals surface area contributed by atoms with Crippen LogP contribution in [0.2, 0.25) is 0 Å². The predicted octanol–water partition coefficient (Wildman–Crippen LogP) is 2.72. The van der Waals surface area contributed by atoms with E-state index in [-0.39, 0.29) is 5.97 Å². The Kier molecular flexibility index (Phi) is 4.87. The van der Waals surface area contributed by atoms with Crippen molar-refractivity contribution < 1.29 is 14.1 Å². The molecule has 2 rings (SSSR count). The lowest BCUT2D eigenvalue weighted by atomic mass is 10.1. The Labute approximate surface area is 118 Å². The highest BCUT2D eigenvalue weighted by Crippen LogP contribution is 2.20. The largest absolute Gasteiger partial charge is 0.465 e.